The molecule has 0 aliphatic carbocycles. The SMILES string of the molecule is CC[C@H](C)c1ccc(NC(=O)CSc2nnc(-c3ccncc3)n2CC)cc1. The minimum atomic E-state index is -0.0580. The third-order valence-electron chi connectivity index (χ3n) is 4.68. The maximum absolute atomic E-state index is 12.3. The number of benzene rings is 1. The lowest BCUT2D eigenvalue weighted by molar-refractivity contribution is -0.113. The molecule has 0 aliphatic rings. The zero-order valence-electron chi connectivity index (χ0n) is 16.4. The Bertz CT molecular complexity index is 908. The summed E-state index contributed by atoms with van der Waals surface area (Å²) < 4.78 is 2.01. The number of aromatic nitrogens is 4. The first-order chi connectivity index (χ1) is 13.6. The predicted molar refractivity (Wildman–Crippen MR) is 113 cm³/mol. The van der Waals surface area contributed by atoms with E-state index in [1.165, 1.54) is 17.3 Å². The quantitative estimate of drug-likeness (QED) is 0.564. The number of amides is 1. The van der Waals surface area contributed by atoms with E-state index in [4.69, 9.17) is 0 Å². The highest BCUT2D eigenvalue weighted by Crippen LogP contribution is 2.24. The molecular weight excluding hydrogens is 370 g/mol. The van der Waals surface area contributed by atoms with E-state index in [0.29, 0.717) is 5.92 Å². The number of rotatable bonds is 8. The van der Waals surface area contributed by atoms with Gasteiger partial charge in [0.15, 0.2) is 11.0 Å². The molecule has 0 unspecified atom stereocenters. The summed E-state index contributed by atoms with van der Waals surface area (Å²) in [5, 5.41) is 12.2. The summed E-state index contributed by atoms with van der Waals surface area (Å²) in [6, 6.07) is 11.9. The molecule has 0 spiro atoms. The first-order valence-electron chi connectivity index (χ1n) is 9.48. The van der Waals surface area contributed by atoms with Crippen LogP contribution in [0.25, 0.3) is 11.4 Å². The molecule has 0 saturated carbocycles. The van der Waals surface area contributed by atoms with Gasteiger partial charge in [-0.3, -0.25) is 9.78 Å². The van der Waals surface area contributed by atoms with Crippen LogP contribution in [0, 0.1) is 0 Å². The molecule has 3 aromatic rings. The van der Waals surface area contributed by atoms with Gasteiger partial charge in [0.1, 0.15) is 0 Å². The Labute approximate surface area is 169 Å². The van der Waals surface area contributed by atoms with Crippen LogP contribution >= 0.6 is 11.8 Å². The van der Waals surface area contributed by atoms with Crippen LogP contribution in [0.5, 0.6) is 0 Å². The lowest BCUT2D eigenvalue weighted by Crippen LogP contribution is -2.14. The van der Waals surface area contributed by atoms with Crippen molar-refractivity contribution >= 4 is 23.4 Å². The van der Waals surface area contributed by atoms with Gasteiger partial charge in [-0.25, -0.2) is 0 Å². The van der Waals surface area contributed by atoms with Crippen molar-refractivity contribution < 1.29 is 4.79 Å². The van der Waals surface area contributed by atoms with Crippen LogP contribution in [-0.2, 0) is 11.3 Å². The second-order valence-corrected chi connectivity index (χ2v) is 7.50. The summed E-state index contributed by atoms with van der Waals surface area (Å²) in [6.45, 7) is 7.14. The van der Waals surface area contributed by atoms with Gasteiger partial charge in [0.25, 0.3) is 0 Å². The average molecular weight is 396 g/mol. The van der Waals surface area contributed by atoms with Crippen LogP contribution in [0.3, 0.4) is 0 Å². The van der Waals surface area contributed by atoms with Gasteiger partial charge in [0.05, 0.1) is 5.75 Å². The minimum absolute atomic E-state index is 0.0580. The topological polar surface area (TPSA) is 72.7 Å². The van der Waals surface area contributed by atoms with Gasteiger partial charge in [-0.1, -0.05) is 37.7 Å². The molecule has 1 atom stereocenters. The molecule has 1 aromatic carbocycles. The molecule has 146 valence electrons. The van der Waals surface area contributed by atoms with Crippen molar-refractivity contribution in [1.29, 1.82) is 0 Å². The number of carbonyl (C=O) groups is 1. The third kappa shape index (κ3) is 4.78. The summed E-state index contributed by atoms with van der Waals surface area (Å²) in [5.74, 6) is 1.53. The normalized spacial score (nSPS) is 12.0. The molecule has 2 heterocycles. The fourth-order valence-corrected chi connectivity index (χ4v) is 3.66. The van der Waals surface area contributed by atoms with E-state index in [1.807, 2.05) is 35.8 Å². The summed E-state index contributed by atoms with van der Waals surface area (Å²) >= 11 is 1.39. The molecule has 6 nitrogen and oxygen atoms in total. The highest BCUT2D eigenvalue weighted by Gasteiger charge is 2.14. The molecule has 7 heteroatoms. The van der Waals surface area contributed by atoms with Gasteiger partial charge in [-0.15, -0.1) is 10.2 Å². The number of carbonyl (C=O) groups excluding carboxylic acids is 1. The largest absolute Gasteiger partial charge is 0.325 e. The number of anilines is 1. The molecule has 3 rings (SSSR count). The Morgan fingerprint density at radius 2 is 1.82 bits per heavy atom. The van der Waals surface area contributed by atoms with E-state index in [0.717, 1.165) is 35.2 Å². The summed E-state index contributed by atoms with van der Waals surface area (Å²) in [7, 11) is 0. The number of hydrogen-bond acceptors (Lipinski definition) is 5. The van der Waals surface area contributed by atoms with E-state index >= 15 is 0 Å². The van der Waals surface area contributed by atoms with Crippen LogP contribution in [0.1, 0.15) is 38.7 Å². The van der Waals surface area contributed by atoms with Gasteiger partial charge in [0, 0.05) is 30.2 Å². The van der Waals surface area contributed by atoms with Gasteiger partial charge < -0.3 is 9.88 Å². The summed E-state index contributed by atoms with van der Waals surface area (Å²) in [5.41, 5.74) is 3.06. The van der Waals surface area contributed by atoms with Gasteiger partial charge >= 0.3 is 0 Å². The lowest BCUT2D eigenvalue weighted by Gasteiger charge is -2.10. The fourth-order valence-electron chi connectivity index (χ4n) is 2.85. The van der Waals surface area contributed by atoms with Crippen molar-refractivity contribution in [3.63, 3.8) is 0 Å². The molecule has 1 amide bonds. The molecule has 0 fully saturated rings. The monoisotopic (exact) mass is 395 g/mol. The molecular formula is C21H25N5OS. The van der Waals surface area contributed by atoms with Crippen molar-refractivity contribution in [2.45, 2.75) is 44.8 Å². The van der Waals surface area contributed by atoms with Gasteiger partial charge in [-0.2, -0.15) is 0 Å². The summed E-state index contributed by atoms with van der Waals surface area (Å²) in [4.78, 5) is 16.4. The third-order valence-corrected chi connectivity index (χ3v) is 5.65. The molecule has 0 aliphatic heterocycles. The van der Waals surface area contributed by atoms with E-state index in [1.54, 1.807) is 12.4 Å². The minimum Gasteiger partial charge on any atom is -0.325 e. The van der Waals surface area contributed by atoms with Crippen LogP contribution in [-0.4, -0.2) is 31.4 Å². The first kappa shape index (κ1) is 20.1. The molecule has 0 radical (unpaired) electrons. The highest BCUT2D eigenvalue weighted by molar-refractivity contribution is 7.99. The Morgan fingerprint density at radius 1 is 1.11 bits per heavy atom. The first-order valence-corrected chi connectivity index (χ1v) is 10.5. The van der Waals surface area contributed by atoms with Gasteiger partial charge in [0.2, 0.25) is 5.91 Å². The zero-order chi connectivity index (χ0) is 19.9. The summed E-state index contributed by atoms with van der Waals surface area (Å²) in [6.07, 6.45) is 4.57. The number of nitrogens with one attached hydrogen (secondary N) is 1. The average Bonchev–Trinajstić information content (AvgIpc) is 3.16. The van der Waals surface area contributed by atoms with Crippen LogP contribution < -0.4 is 5.32 Å². The Kier molecular flexibility index (Phi) is 6.81. The zero-order valence-corrected chi connectivity index (χ0v) is 17.2. The van der Waals surface area contributed by atoms with E-state index in [2.05, 4.69) is 46.5 Å². The second kappa shape index (κ2) is 9.50. The number of thioether (sulfide) groups is 1. The maximum Gasteiger partial charge on any atom is 0.234 e. The van der Waals surface area contributed by atoms with E-state index in [9.17, 15) is 4.79 Å². The van der Waals surface area contributed by atoms with Crippen molar-refractivity contribution in [3.8, 4) is 11.4 Å². The smallest absolute Gasteiger partial charge is 0.234 e. The van der Waals surface area contributed by atoms with E-state index in [-0.39, 0.29) is 11.7 Å². The lowest BCUT2D eigenvalue weighted by atomic mass is 9.99. The van der Waals surface area contributed by atoms with Crippen molar-refractivity contribution in [1.82, 2.24) is 19.7 Å². The van der Waals surface area contributed by atoms with Crippen LogP contribution in [0.15, 0.2) is 53.9 Å². The second-order valence-electron chi connectivity index (χ2n) is 6.55. The molecule has 1 N–H and O–H groups in total. The Balaban J connectivity index is 1.61. The Hall–Kier alpha value is -2.67. The predicted octanol–water partition coefficient (Wildman–Crippen LogP) is 4.60. The van der Waals surface area contributed by atoms with Gasteiger partial charge in [-0.05, 0) is 49.1 Å². The van der Waals surface area contributed by atoms with Crippen molar-refractivity contribution in [2.75, 3.05) is 11.1 Å². The molecule has 2 aromatic heterocycles. The fraction of sp³-hybridized carbons (Fsp3) is 0.333. The maximum atomic E-state index is 12.3. The number of nitrogens with zero attached hydrogens (tertiary/aromatic N) is 4. The van der Waals surface area contributed by atoms with Crippen molar-refractivity contribution in [3.05, 3.63) is 54.4 Å². The van der Waals surface area contributed by atoms with Crippen LogP contribution in [0.4, 0.5) is 5.69 Å². The number of pyridine rings is 1. The molecule has 28 heavy (non-hydrogen) atoms. The Morgan fingerprint density at radius 3 is 2.46 bits per heavy atom. The van der Waals surface area contributed by atoms with Crippen molar-refractivity contribution in [2.24, 2.45) is 0 Å². The highest BCUT2D eigenvalue weighted by atomic mass is 32.2. The standard InChI is InChI=1S/C21H25N5OS/c1-4-15(3)16-6-8-18(9-7-16)23-19(27)14-28-21-25-24-20(26(21)5-2)17-10-12-22-13-11-17/h6-13,15H,4-5,14H2,1-3H3,(H,23,27)/t15-/m0/s1. The van der Waals surface area contributed by atoms with E-state index < -0.39 is 0 Å². The molecule has 0 bridgehead atoms. The molecule has 0 saturated heterocycles. The number of hydrogen-bond donors (Lipinski definition) is 1. The van der Waals surface area contributed by atoms with Crippen LogP contribution in [0.2, 0.25) is 0 Å².